The molecule has 0 fully saturated rings. The van der Waals surface area contributed by atoms with Crippen LogP contribution in [0.3, 0.4) is 0 Å². The topological polar surface area (TPSA) is 26.0 Å². The van der Waals surface area contributed by atoms with Crippen LogP contribution in [0.2, 0.25) is 0 Å². The van der Waals surface area contributed by atoms with Crippen molar-refractivity contribution in [1.29, 1.82) is 0 Å². The summed E-state index contributed by atoms with van der Waals surface area (Å²) in [6, 6.07) is 60.7. The highest BCUT2D eigenvalue weighted by Gasteiger charge is 2.19. The number of furan rings is 1. The van der Waals surface area contributed by atoms with Gasteiger partial charge in [0, 0.05) is 16.3 Å². The van der Waals surface area contributed by atoms with Crippen LogP contribution in [0.15, 0.2) is 174 Å². The maximum Gasteiger partial charge on any atom is 0.147 e. The summed E-state index contributed by atoms with van der Waals surface area (Å²) in [6.07, 6.45) is 0. The summed E-state index contributed by atoms with van der Waals surface area (Å²) >= 11 is 0. The first-order valence-corrected chi connectivity index (χ1v) is 16.9. The maximum atomic E-state index is 6.56. The van der Waals surface area contributed by atoms with Crippen molar-refractivity contribution in [3.63, 3.8) is 0 Å². The third-order valence-electron chi connectivity index (χ3n) is 8.80. The molecule has 9 rings (SSSR count). The van der Waals surface area contributed by atoms with Gasteiger partial charge >= 0.3 is 0 Å². The number of aromatic nitrogens is 1. The summed E-state index contributed by atoms with van der Waals surface area (Å²) in [5.41, 5.74) is 7.06. The molecule has 0 aliphatic heterocycles. The Morgan fingerprint density at radius 3 is 1.78 bits per heavy atom. The molecule has 3 heteroatoms. The van der Waals surface area contributed by atoms with Crippen molar-refractivity contribution in [3.8, 4) is 22.4 Å². The highest BCUT2D eigenvalue weighted by Crippen LogP contribution is 2.41. The molecule has 0 bridgehead atoms. The minimum absolute atomic E-state index is 0.651. The molecule has 46 heavy (non-hydrogen) atoms. The number of hydrogen-bond acceptors (Lipinski definition) is 2. The average Bonchev–Trinajstić information content (AvgIpc) is 3.52. The van der Waals surface area contributed by atoms with Gasteiger partial charge in [-0.2, -0.15) is 0 Å². The Kier molecular flexibility index (Phi) is 6.47. The average molecular weight is 606 g/mol. The largest absolute Gasteiger partial charge is 0.455 e. The predicted molar refractivity (Wildman–Crippen MR) is 196 cm³/mol. The van der Waals surface area contributed by atoms with E-state index in [0.717, 1.165) is 49.7 Å². The van der Waals surface area contributed by atoms with Crippen LogP contribution >= 0.6 is 7.92 Å². The second-order valence-electron chi connectivity index (χ2n) is 11.6. The minimum Gasteiger partial charge on any atom is -0.455 e. The molecular weight excluding hydrogens is 577 g/mol. The van der Waals surface area contributed by atoms with Gasteiger partial charge in [-0.25, -0.2) is 4.98 Å². The smallest absolute Gasteiger partial charge is 0.147 e. The molecule has 0 N–H and O–H groups in total. The molecule has 2 nitrogen and oxygen atoms in total. The maximum absolute atomic E-state index is 6.56. The van der Waals surface area contributed by atoms with E-state index in [2.05, 4.69) is 158 Å². The first-order chi connectivity index (χ1) is 22.8. The van der Waals surface area contributed by atoms with Crippen molar-refractivity contribution >= 4 is 67.4 Å². The fourth-order valence-electron chi connectivity index (χ4n) is 6.61. The van der Waals surface area contributed by atoms with Gasteiger partial charge < -0.3 is 4.42 Å². The Labute approximate surface area is 268 Å². The molecule has 9 aromatic rings. The van der Waals surface area contributed by atoms with E-state index in [1.807, 2.05) is 12.1 Å². The van der Waals surface area contributed by atoms with E-state index in [9.17, 15) is 0 Å². The second kappa shape index (κ2) is 11.1. The van der Waals surface area contributed by atoms with E-state index >= 15 is 0 Å². The molecule has 0 spiro atoms. The Bertz CT molecular complexity index is 2480. The van der Waals surface area contributed by atoms with E-state index in [-0.39, 0.29) is 0 Å². The van der Waals surface area contributed by atoms with Crippen LogP contribution in [-0.4, -0.2) is 4.98 Å². The van der Waals surface area contributed by atoms with Crippen LogP contribution in [-0.2, 0) is 0 Å². The normalized spacial score (nSPS) is 11.7. The number of fused-ring (bicyclic) bond motifs is 6. The molecule has 0 aliphatic carbocycles. The molecule has 0 saturated heterocycles. The zero-order valence-electron chi connectivity index (χ0n) is 25.0. The summed E-state index contributed by atoms with van der Waals surface area (Å²) in [5, 5.41) is 9.57. The van der Waals surface area contributed by atoms with Gasteiger partial charge in [0.1, 0.15) is 11.2 Å². The third-order valence-corrected chi connectivity index (χ3v) is 11.2. The van der Waals surface area contributed by atoms with Crippen LogP contribution in [0.25, 0.3) is 66.0 Å². The number of benzene rings is 7. The van der Waals surface area contributed by atoms with Crippen molar-refractivity contribution in [2.75, 3.05) is 0 Å². The molecule has 0 unspecified atom stereocenters. The quantitative estimate of drug-likeness (QED) is 0.144. The molecule has 0 aliphatic rings. The number of rotatable bonds is 5. The lowest BCUT2D eigenvalue weighted by Gasteiger charge is -2.19. The Morgan fingerprint density at radius 1 is 0.435 bits per heavy atom. The zero-order chi connectivity index (χ0) is 30.5. The molecule has 2 heterocycles. The summed E-state index contributed by atoms with van der Waals surface area (Å²) < 4.78 is 6.56. The van der Waals surface area contributed by atoms with Crippen LogP contribution in [0.4, 0.5) is 0 Å². The Balaban J connectivity index is 1.18. The van der Waals surface area contributed by atoms with Gasteiger partial charge in [0.15, 0.2) is 0 Å². The van der Waals surface area contributed by atoms with Gasteiger partial charge in [-0.15, -0.1) is 0 Å². The van der Waals surface area contributed by atoms with Crippen LogP contribution in [0, 0.1) is 0 Å². The van der Waals surface area contributed by atoms with Gasteiger partial charge in [0.25, 0.3) is 0 Å². The predicted octanol–water partition coefficient (Wildman–Crippen LogP) is 10.4. The summed E-state index contributed by atoms with van der Waals surface area (Å²) in [5.74, 6) is 0. The molecule has 0 radical (unpaired) electrons. The SMILES string of the molecule is c1ccc(P(c2ccccc2)c2ccc(-c3cccc(-c4nc5cc6ccccc6cc5c5oc6ccccc6c45)c3)cc2)cc1. The van der Waals surface area contributed by atoms with Crippen molar-refractivity contribution < 1.29 is 4.42 Å². The van der Waals surface area contributed by atoms with Crippen molar-refractivity contribution in [2.24, 2.45) is 0 Å². The van der Waals surface area contributed by atoms with Gasteiger partial charge in [-0.1, -0.05) is 146 Å². The fraction of sp³-hybridized carbons (Fsp3) is 0. The number of nitrogens with zero attached hydrogens (tertiary/aromatic N) is 1. The van der Waals surface area contributed by atoms with Crippen molar-refractivity contribution in [3.05, 3.63) is 170 Å². The van der Waals surface area contributed by atoms with E-state index in [1.165, 1.54) is 32.2 Å². The van der Waals surface area contributed by atoms with E-state index < -0.39 is 7.92 Å². The summed E-state index contributed by atoms with van der Waals surface area (Å²) in [7, 11) is -0.651. The van der Waals surface area contributed by atoms with E-state index in [1.54, 1.807) is 0 Å². The van der Waals surface area contributed by atoms with Crippen molar-refractivity contribution in [2.45, 2.75) is 0 Å². The monoisotopic (exact) mass is 605 g/mol. The lowest BCUT2D eigenvalue weighted by molar-refractivity contribution is 0.672. The molecule has 2 aromatic heterocycles. The van der Waals surface area contributed by atoms with Gasteiger partial charge in [-0.05, 0) is 70.0 Å². The van der Waals surface area contributed by atoms with Crippen LogP contribution in [0.5, 0.6) is 0 Å². The molecule has 7 aromatic carbocycles. The fourth-order valence-corrected chi connectivity index (χ4v) is 8.89. The van der Waals surface area contributed by atoms with Gasteiger partial charge in [0.2, 0.25) is 0 Å². The standard InChI is InChI=1S/C43H28NOP/c1-3-16-34(17-4-1)46(35-18-5-2-6-19-35)36-24-22-29(23-25-36)30-14-11-15-33(26-30)42-41-37-20-9-10-21-40(37)45-43(41)38-27-31-12-7-8-13-32(31)28-39(38)44-42/h1-28H. The number of para-hydroxylation sites is 1. The Morgan fingerprint density at radius 2 is 1.04 bits per heavy atom. The first-order valence-electron chi connectivity index (χ1n) is 15.5. The minimum atomic E-state index is -0.651. The zero-order valence-corrected chi connectivity index (χ0v) is 25.9. The molecule has 0 saturated carbocycles. The summed E-state index contributed by atoms with van der Waals surface area (Å²) in [4.78, 5) is 5.33. The highest BCUT2D eigenvalue weighted by molar-refractivity contribution is 7.79. The van der Waals surface area contributed by atoms with Gasteiger partial charge in [0.05, 0.1) is 16.6 Å². The van der Waals surface area contributed by atoms with Crippen molar-refractivity contribution in [1.82, 2.24) is 4.98 Å². The van der Waals surface area contributed by atoms with Crippen LogP contribution < -0.4 is 15.9 Å². The summed E-state index contributed by atoms with van der Waals surface area (Å²) in [6.45, 7) is 0. The Hall–Kier alpha value is -5.56. The molecule has 216 valence electrons. The molecule has 0 amide bonds. The highest BCUT2D eigenvalue weighted by atomic mass is 31.1. The molecule has 0 atom stereocenters. The number of hydrogen-bond donors (Lipinski definition) is 0. The lowest BCUT2D eigenvalue weighted by Crippen LogP contribution is -2.20. The van der Waals surface area contributed by atoms with E-state index in [0.29, 0.717) is 0 Å². The van der Waals surface area contributed by atoms with E-state index in [4.69, 9.17) is 9.40 Å². The molecular formula is C43H28NOP. The number of pyridine rings is 1. The lowest BCUT2D eigenvalue weighted by atomic mass is 9.97. The third kappa shape index (κ3) is 4.58. The van der Waals surface area contributed by atoms with Gasteiger partial charge in [-0.3, -0.25) is 0 Å². The first kappa shape index (κ1) is 26.8. The van der Waals surface area contributed by atoms with Crippen LogP contribution in [0.1, 0.15) is 0 Å². The second-order valence-corrected chi connectivity index (χ2v) is 13.8.